The van der Waals surface area contributed by atoms with Crippen molar-refractivity contribution < 1.29 is 13.6 Å². The van der Waals surface area contributed by atoms with Gasteiger partial charge in [0.05, 0.1) is 10.6 Å². The molecule has 2 fully saturated rings. The maximum absolute atomic E-state index is 13.1. The molecule has 2 aromatic rings. The van der Waals surface area contributed by atoms with Crippen LogP contribution >= 0.6 is 24.0 Å². The second-order valence-corrected chi connectivity index (χ2v) is 8.15. The largest absolute Gasteiger partial charge is 0.373 e. The highest BCUT2D eigenvalue weighted by atomic mass is 32.2. The standard InChI is InChI=1S/C20H17F2N3OS2/c21-14-1-5-16(6-2-14)24-11-9-23(10-12-24)13-18-19(26)25(20(27)28-18)17-7-3-15(22)4-8-17/h1-8,13H,9-12H2. The average Bonchev–Trinajstić information content (AvgIpc) is 2.97. The van der Waals surface area contributed by atoms with Crippen LogP contribution < -0.4 is 9.80 Å². The summed E-state index contributed by atoms with van der Waals surface area (Å²) in [5.41, 5.74) is 1.55. The Morgan fingerprint density at radius 2 is 1.39 bits per heavy atom. The predicted molar refractivity (Wildman–Crippen MR) is 112 cm³/mol. The van der Waals surface area contributed by atoms with E-state index in [2.05, 4.69) is 9.80 Å². The van der Waals surface area contributed by atoms with E-state index in [4.69, 9.17) is 12.2 Å². The third kappa shape index (κ3) is 3.88. The molecular formula is C20H17F2N3OS2. The number of hydrogen-bond acceptors (Lipinski definition) is 5. The highest BCUT2D eigenvalue weighted by Gasteiger charge is 2.34. The highest BCUT2D eigenvalue weighted by Crippen LogP contribution is 2.35. The van der Waals surface area contributed by atoms with Gasteiger partial charge >= 0.3 is 0 Å². The van der Waals surface area contributed by atoms with Crippen LogP contribution in [0.25, 0.3) is 0 Å². The first-order valence-corrected chi connectivity index (χ1v) is 10.0. The van der Waals surface area contributed by atoms with Crippen LogP contribution in [0.1, 0.15) is 0 Å². The molecule has 0 unspecified atom stereocenters. The molecule has 2 heterocycles. The number of benzene rings is 2. The summed E-state index contributed by atoms with van der Waals surface area (Å²) in [5.74, 6) is -0.795. The Bertz CT molecular complexity index is 923. The van der Waals surface area contributed by atoms with E-state index in [1.807, 2.05) is 6.20 Å². The average molecular weight is 418 g/mol. The maximum atomic E-state index is 13.1. The predicted octanol–water partition coefficient (Wildman–Crippen LogP) is 3.99. The van der Waals surface area contributed by atoms with E-state index in [1.54, 1.807) is 24.3 Å². The number of rotatable bonds is 3. The number of amides is 1. The Kier molecular flexibility index (Phi) is 5.32. The van der Waals surface area contributed by atoms with Crippen molar-refractivity contribution in [2.24, 2.45) is 0 Å². The summed E-state index contributed by atoms with van der Waals surface area (Å²) in [4.78, 5) is 19.0. The van der Waals surface area contributed by atoms with Gasteiger partial charge in [-0.15, -0.1) is 0 Å². The maximum Gasteiger partial charge on any atom is 0.272 e. The van der Waals surface area contributed by atoms with Gasteiger partial charge in [-0.2, -0.15) is 0 Å². The van der Waals surface area contributed by atoms with Crippen molar-refractivity contribution in [2.75, 3.05) is 36.0 Å². The third-order valence-electron chi connectivity index (χ3n) is 4.68. The summed E-state index contributed by atoms with van der Waals surface area (Å²) in [6, 6.07) is 12.2. The van der Waals surface area contributed by atoms with Crippen LogP contribution in [0.4, 0.5) is 20.2 Å². The summed E-state index contributed by atoms with van der Waals surface area (Å²) < 4.78 is 26.7. The molecule has 144 valence electrons. The van der Waals surface area contributed by atoms with Crippen LogP contribution in [0.5, 0.6) is 0 Å². The smallest absolute Gasteiger partial charge is 0.272 e. The molecule has 4 rings (SSSR count). The van der Waals surface area contributed by atoms with Crippen molar-refractivity contribution in [1.29, 1.82) is 0 Å². The first-order chi connectivity index (χ1) is 13.5. The lowest BCUT2D eigenvalue weighted by molar-refractivity contribution is -0.113. The van der Waals surface area contributed by atoms with Crippen LogP contribution in [0.3, 0.4) is 0 Å². The van der Waals surface area contributed by atoms with Gasteiger partial charge in [0.15, 0.2) is 4.32 Å². The van der Waals surface area contributed by atoms with Crippen molar-refractivity contribution in [1.82, 2.24) is 4.90 Å². The molecule has 0 aliphatic carbocycles. The molecule has 0 radical (unpaired) electrons. The van der Waals surface area contributed by atoms with E-state index >= 15 is 0 Å². The van der Waals surface area contributed by atoms with Crippen LogP contribution in [-0.4, -0.2) is 41.3 Å². The minimum Gasteiger partial charge on any atom is -0.373 e. The normalized spacial score (nSPS) is 19.1. The Labute approximate surface area is 171 Å². The van der Waals surface area contributed by atoms with Crippen molar-refractivity contribution in [3.8, 4) is 0 Å². The summed E-state index contributed by atoms with van der Waals surface area (Å²) in [6.45, 7) is 3.05. The molecule has 1 amide bonds. The molecule has 28 heavy (non-hydrogen) atoms. The minimum absolute atomic E-state index is 0.192. The van der Waals surface area contributed by atoms with Gasteiger partial charge in [0.25, 0.3) is 5.91 Å². The Morgan fingerprint density at radius 1 is 0.857 bits per heavy atom. The van der Waals surface area contributed by atoms with Gasteiger partial charge in [-0.25, -0.2) is 8.78 Å². The van der Waals surface area contributed by atoms with E-state index < -0.39 is 0 Å². The van der Waals surface area contributed by atoms with Crippen molar-refractivity contribution >= 4 is 45.6 Å². The summed E-state index contributed by atoms with van der Waals surface area (Å²) >= 11 is 6.60. The van der Waals surface area contributed by atoms with Gasteiger partial charge in [0.2, 0.25) is 0 Å². The highest BCUT2D eigenvalue weighted by molar-refractivity contribution is 8.27. The molecule has 0 bridgehead atoms. The zero-order valence-electron chi connectivity index (χ0n) is 14.8. The van der Waals surface area contributed by atoms with Gasteiger partial charge in [-0.1, -0.05) is 24.0 Å². The molecule has 0 N–H and O–H groups in total. The fourth-order valence-electron chi connectivity index (χ4n) is 3.20. The lowest BCUT2D eigenvalue weighted by atomic mass is 10.2. The van der Waals surface area contributed by atoms with Crippen LogP contribution in [0.15, 0.2) is 59.6 Å². The Morgan fingerprint density at radius 3 is 1.96 bits per heavy atom. The number of thioether (sulfide) groups is 1. The zero-order chi connectivity index (χ0) is 19.7. The van der Waals surface area contributed by atoms with Crippen molar-refractivity contribution in [3.63, 3.8) is 0 Å². The lowest BCUT2D eigenvalue weighted by Crippen LogP contribution is -2.44. The Hall–Kier alpha value is -2.45. The number of carbonyl (C=O) groups is 1. The van der Waals surface area contributed by atoms with E-state index in [-0.39, 0.29) is 17.5 Å². The van der Waals surface area contributed by atoms with Gasteiger partial charge in [0, 0.05) is 38.1 Å². The number of nitrogens with zero attached hydrogens (tertiary/aromatic N) is 3. The fraction of sp³-hybridized carbons (Fsp3) is 0.200. The monoisotopic (exact) mass is 417 g/mol. The van der Waals surface area contributed by atoms with Crippen LogP contribution in [0, 0.1) is 11.6 Å². The van der Waals surface area contributed by atoms with E-state index in [9.17, 15) is 13.6 Å². The molecule has 0 aromatic heterocycles. The number of carbonyl (C=O) groups excluding carboxylic acids is 1. The summed E-state index contributed by atoms with van der Waals surface area (Å²) in [7, 11) is 0. The number of anilines is 2. The first kappa shape index (κ1) is 18.9. The molecule has 2 aliphatic heterocycles. The summed E-state index contributed by atoms with van der Waals surface area (Å²) in [5, 5.41) is 0. The Balaban J connectivity index is 1.42. The minimum atomic E-state index is -0.358. The topological polar surface area (TPSA) is 26.8 Å². The lowest BCUT2D eigenvalue weighted by Gasteiger charge is -2.35. The third-order valence-corrected chi connectivity index (χ3v) is 5.97. The molecule has 2 saturated heterocycles. The molecule has 4 nitrogen and oxygen atoms in total. The number of thiocarbonyl (C=S) groups is 1. The van der Waals surface area contributed by atoms with Crippen molar-refractivity contribution in [2.45, 2.75) is 0 Å². The van der Waals surface area contributed by atoms with Gasteiger partial charge in [0.1, 0.15) is 11.6 Å². The van der Waals surface area contributed by atoms with Gasteiger partial charge in [-0.3, -0.25) is 9.69 Å². The number of piperazine rings is 1. The van der Waals surface area contributed by atoms with E-state index in [1.165, 1.54) is 40.9 Å². The van der Waals surface area contributed by atoms with Gasteiger partial charge in [-0.05, 0) is 48.5 Å². The van der Waals surface area contributed by atoms with Crippen LogP contribution in [0.2, 0.25) is 0 Å². The van der Waals surface area contributed by atoms with Crippen molar-refractivity contribution in [3.05, 3.63) is 71.3 Å². The quantitative estimate of drug-likeness (QED) is 0.556. The van der Waals surface area contributed by atoms with E-state index in [0.717, 1.165) is 31.9 Å². The molecule has 0 atom stereocenters. The SMILES string of the molecule is O=C1C(=CN2CCN(c3ccc(F)cc3)CC2)SC(=S)N1c1ccc(F)cc1. The van der Waals surface area contributed by atoms with Crippen LogP contribution in [-0.2, 0) is 4.79 Å². The number of hydrogen-bond donors (Lipinski definition) is 0. The molecule has 0 saturated carbocycles. The molecule has 2 aliphatic rings. The van der Waals surface area contributed by atoms with Gasteiger partial charge < -0.3 is 9.80 Å². The number of halogens is 2. The molecule has 0 spiro atoms. The molecule has 8 heteroatoms. The fourth-order valence-corrected chi connectivity index (χ4v) is 4.50. The molecule has 2 aromatic carbocycles. The second-order valence-electron chi connectivity index (χ2n) is 6.48. The molecular weight excluding hydrogens is 400 g/mol. The van der Waals surface area contributed by atoms with E-state index in [0.29, 0.717) is 14.9 Å². The second kappa shape index (κ2) is 7.89. The summed E-state index contributed by atoms with van der Waals surface area (Å²) in [6.07, 6.45) is 1.85. The first-order valence-electron chi connectivity index (χ1n) is 8.79. The zero-order valence-corrected chi connectivity index (χ0v) is 16.5.